The summed E-state index contributed by atoms with van der Waals surface area (Å²) in [5.41, 5.74) is 0.529. The minimum atomic E-state index is -3.71. The molecular formula is C23H28F2N6O3S2. The molecule has 0 spiro atoms. The number of hydrogen-bond acceptors (Lipinski definition) is 9. The van der Waals surface area contributed by atoms with Crippen LogP contribution < -0.4 is 20.1 Å². The highest BCUT2D eigenvalue weighted by molar-refractivity contribution is 7.93. The molecule has 13 heteroatoms. The van der Waals surface area contributed by atoms with Crippen molar-refractivity contribution in [2.24, 2.45) is 0 Å². The van der Waals surface area contributed by atoms with E-state index in [1.807, 2.05) is 6.92 Å². The zero-order chi connectivity index (χ0) is 26.0. The minimum Gasteiger partial charge on any atom is -0.437 e. The third kappa shape index (κ3) is 5.90. The molecule has 0 bridgehead atoms. The highest BCUT2D eigenvalue weighted by atomic mass is 32.2. The van der Waals surface area contributed by atoms with E-state index >= 15 is 4.39 Å². The average Bonchev–Trinajstić information content (AvgIpc) is 3.19. The molecule has 9 nitrogen and oxygen atoms in total. The van der Waals surface area contributed by atoms with Crippen LogP contribution in [-0.4, -0.2) is 53.9 Å². The van der Waals surface area contributed by atoms with Crippen molar-refractivity contribution in [2.45, 2.75) is 51.6 Å². The minimum absolute atomic E-state index is 0.131. The van der Waals surface area contributed by atoms with E-state index < -0.39 is 27.3 Å². The smallest absolute Gasteiger partial charge is 0.240 e. The molecule has 194 valence electrons. The Kier molecular flexibility index (Phi) is 7.71. The number of nitrogens with zero attached hydrogens (tertiary/aromatic N) is 3. The molecule has 3 aromatic rings. The molecule has 0 amide bonds. The van der Waals surface area contributed by atoms with Gasteiger partial charge in [-0.2, -0.15) is 0 Å². The standard InChI is InChI=1S/C23H28F2N6O3S2/c1-12(2)36(32,33)31-17-5-6-19(13(3)20(17)25)34-22-21(35-14(4)28-22)18-7-8-27-23(30-18)29-16-9-15(24)10-26-11-16/h5-8,12,15-16,26,31H,9-11H2,1-4H3,(H,27,29,30)/t15-,16-/m0/s1. The van der Waals surface area contributed by atoms with E-state index in [0.29, 0.717) is 41.0 Å². The van der Waals surface area contributed by atoms with E-state index in [2.05, 4.69) is 30.3 Å². The molecule has 1 saturated heterocycles. The molecule has 2 atom stereocenters. The Morgan fingerprint density at radius 2 is 1.97 bits per heavy atom. The number of thiazole rings is 1. The summed E-state index contributed by atoms with van der Waals surface area (Å²) in [5.74, 6) is 0.0601. The highest BCUT2D eigenvalue weighted by Gasteiger charge is 2.24. The van der Waals surface area contributed by atoms with Gasteiger partial charge in [-0.25, -0.2) is 32.2 Å². The number of aryl methyl sites for hydroxylation is 1. The van der Waals surface area contributed by atoms with Gasteiger partial charge in [0.15, 0.2) is 5.82 Å². The maximum atomic E-state index is 15.0. The quantitative estimate of drug-likeness (QED) is 0.386. The van der Waals surface area contributed by atoms with Gasteiger partial charge >= 0.3 is 0 Å². The first-order chi connectivity index (χ1) is 17.0. The Balaban J connectivity index is 1.58. The predicted molar refractivity (Wildman–Crippen MR) is 137 cm³/mol. The number of anilines is 2. The molecule has 2 aromatic heterocycles. The predicted octanol–water partition coefficient (Wildman–Crippen LogP) is 4.41. The molecule has 36 heavy (non-hydrogen) atoms. The van der Waals surface area contributed by atoms with Crippen molar-refractivity contribution in [2.75, 3.05) is 23.1 Å². The fourth-order valence-electron chi connectivity index (χ4n) is 3.61. The third-order valence-electron chi connectivity index (χ3n) is 5.64. The van der Waals surface area contributed by atoms with E-state index in [0.717, 1.165) is 0 Å². The van der Waals surface area contributed by atoms with Crippen molar-refractivity contribution < 1.29 is 21.9 Å². The summed E-state index contributed by atoms with van der Waals surface area (Å²) < 4.78 is 61.3. The maximum absolute atomic E-state index is 15.0. The number of ether oxygens (including phenoxy) is 1. The molecule has 4 rings (SSSR count). The summed E-state index contributed by atoms with van der Waals surface area (Å²) in [7, 11) is -3.71. The van der Waals surface area contributed by atoms with Crippen LogP contribution in [-0.2, 0) is 10.0 Å². The van der Waals surface area contributed by atoms with Crippen molar-refractivity contribution in [1.82, 2.24) is 20.3 Å². The summed E-state index contributed by atoms with van der Waals surface area (Å²) >= 11 is 1.35. The molecule has 1 aromatic carbocycles. The van der Waals surface area contributed by atoms with Gasteiger partial charge < -0.3 is 15.4 Å². The van der Waals surface area contributed by atoms with Crippen molar-refractivity contribution in [1.29, 1.82) is 0 Å². The lowest BCUT2D eigenvalue weighted by Gasteiger charge is -2.26. The lowest BCUT2D eigenvalue weighted by molar-refractivity contribution is 0.254. The summed E-state index contributed by atoms with van der Waals surface area (Å²) in [6.45, 7) is 7.28. The number of sulfonamides is 1. The van der Waals surface area contributed by atoms with E-state index in [1.165, 1.54) is 44.2 Å². The molecule has 3 N–H and O–H groups in total. The molecule has 1 aliphatic heterocycles. The van der Waals surface area contributed by atoms with Crippen LogP contribution in [0.4, 0.5) is 20.4 Å². The van der Waals surface area contributed by atoms with Crippen molar-refractivity contribution in [3.05, 3.63) is 40.8 Å². The SMILES string of the molecule is Cc1nc(Oc2ccc(NS(=O)(=O)C(C)C)c(F)c2C)c(-c2ccnc(N[C@@H]3CNC[C@@H](F)C3)n2)s1. The number of aromatic nitrogens is 3. The summed E-state index contributed by atoms with van der Waals surface area (Å²) in [5, 5.41) is 6.19. The normalized spacial score (nSPS) is 18.3. The summed E-state index contributed by atoms with van der Waals surface area (Å²) in [6.07, 6.45) is 1.02. The molecule has 0 unspecified atom stereocenters. The van der Waals surface area contributed by atoms with Gasteiger partial charge in [0.25, 0.3) is 0 Å². The van der Waals surface area contributed by atoms with E-state index in [1.54, 1.807) is 12.3 Å². The van der Waals surface area contributed by atoms with Gasteiger partial charge in [-0.1, -0.05) is 0 Å². The first-order valence-electron chi connectivity index (χ1n) is 11.4. The number of benzene rings is 1. The highest BCUT2D eigenvalue weighted by Crippen LogP contribution is 2.39. The molecule has 1 aliphatic rings. The zero-order valence-electron chi connectivity index (χ0n) is 20.3. The van der Waals surface area contributed by atoms with Gasteiger partial charge in [-0.3, -0.25) is 4.72 Å². The second-order valence-corrected chi connectivity index (χ2v) is 12.3. The Hall–Kier alpha value is -2.90. The third-order valence-corrected chi connectivity index (χ3v) is 8.36. The average molecular weight is 539 g/mol. The van der Waals surface area contributed by atoms with Crippen LogP contribution in [0.25, 0.3) is 10.6 Å². The van der Waals surface area contributed by atoms with Crippen LogP contribution in [0.3, 0.4) is 0 Å². The van der Waals surface area contributed by atoms with Gasteiger partial charge in [0, 0.05) is 37.3 Å². The first kappa shape index (κ1) is 26.2. The van der Waals surface area contributed by atoms with Crippen molar-refractivity contribution >= 4 is 33.0 Å². The number of rotatable bonds is 8. The summed E-state index contributed by atoms with van der Waals surface area (Å²) in [4.78, 5) is 13.9. The lowest BCUT2D eigenvalue weighted by Crippen LogP contribution is -2.44. The van der Waals surface area contributed by atoms with Crippen LogP contribution in [0, 0.1) is 19.7 Å². The number of nitrogens with one attached hydrogen (secondary N) is 3. The zero-order valence-corrected chi connectivity index (χ0v) is 21.9. The van der Waals surface area contributed by atoms with Crippen LogP contribution in [0.15, 0.2) is 24.4 Å². The lowest BCUT2D eigenvalue weighted by atomic mass is 10.1. The first-order valence-corrected chi connectivity index (χ1v) is 13.8. The van der Waals surface area contributed by atoms with Crippen LogP contribution in [0.5, 0.6) is 11.6 Å². The van der Waals surface area contributed by atoms with Crippen molar-refractivity contribution in [3.63, 3.8) is 0 Å². The molecule has 0 aliphatic carbocycles. The molecule has 0 radical (unpaired) electrons. The number of halogens is 2. The van der Waals surface area contributed by atoms with E-state index in [-0.39, 0.29) is 28.9 Å². The largest absolute Gasteiger partial charge is 0.437 e. The monoisotopic (exact) mass is 538 g/mol. The summed E-state index contributed by atoms with van der Waals surface area (Å²) in [6, 6.07) is 4.38. The number of piperidine rings is 1. The molecule has 0 saturated carbocycles. The fraction of sp³-hybridized carbons (Fsp3) is 0.435. The Labute approximate surface area is 212 Å². The van der Waals surface area contributed by atoms with Gasteiger partial charge in [0.1, 0.15) is 16.8 Å². The van der Waals surface area contributed by atoms with Gasteiger partial charge in [-0.15, -0.1) is 11.3 Å². The van der Waals surface area contributed by atoms with E-state index in [4.69, 9.17) is 4.74 Å². The van der Waals surface area contributed by atoms with Gasteiger partial charge in [0.2, 0.25) is 21.9 Å². The van der Waals surface area contributed by atoms with Crippen LogP contribution in [0.2, 0.25) is 0 Å². The Morgan fingerprint density at radius 3 is 2.69 bits per heavy atom. The second kappa shape index (κ2) is 10.6. The second-order valence-electron chi connectivity index (χ2n) is 8.81. The molecular weight excluding hydrogens is 510 g/mol. The van der Waals surface area contributed by atoms with Crippen LogP contribution in [0.1, 0.15) is 30.8 Å². The van der Waals surface area contributed by atoms with E-state index in [9.17, 15) is 12.8 Å². The Bertz CT molecular complexity index is 1350. The molecule has 3 heterocycles. The maximum Gasteiger partial charge on any atom is 0.240 e. The van der Waals surface area contributed by atoms with Gasteiger partial charge in [-0.05, 0) is 45.9 Å². The fourth-order valence-corrected chi connectivity index (χ4v) is 5.12. The molecule has 1 fully saturated rings. The van der Waals surface area contributed by atoms with Crippen LogP contribution >= 0.6 is 11.3 Å². The van der Waals surface area contributed by atoms with Gasteiger partial charge in [0.05, 0.1) is 21.6 Å². The Morgan fingerprint density at radius 1 is 1.19 bits per heavy atom. The van der Waals surface area contributed by atoms with Crippen molar-refractivity contribution in [3.8, 4) is 22.2 Å². The topological polar surface area (TPSA) is 118 Å². The number of hydrogen-bond donors (Lipinski definition) is 3. The number of alkyl halides is 1.